The SMILES string of the molecule is C=C=C1C2C=CC(C2)C1CC=CCC(=CCC1C(=C=C)C2C=CC1C2)[Si]Cl. The second-order valence-corrected chi connectivity index (χ2v) is 9.63. The number of allylic oxidation sites excluding steroid dienone is 10. The standard InChI is InChI=1S/C25H27ClSi/c1-3-22-17-9-11-19(15-17)24(22)8-6-5-7-21(27-26)13-14-25-20-12-10-18(16-20)23(25)4-2/h5-6,9-13,17-20,24-25H,1-2,7-8,14-16H2. The second kappa shape index (κ2) is 8.25. The Balaban J connectivity index is 1.32. The predicted molar refractivity (Wildman–Crippen MR) is 116 cm³/mol. The Kier molecular flexibility index (Phi) is 5.76. The van der Waals surface area contributed by atoms with Crippen LogP contribution in [-0.2, 0) is 0 Å². The molecule has 4 bridgehead atoms. The maximum absolute atomic E-state index is 6.25. The monoisotopic (exact) mass is 390 g/mol. The van der Waals surface area contributed by atoms with Gasteiger partial charge in [-0.15, -0.1) is 11.5 Å². The number of halogens is 1. The molecular weight excluding hydrogens is 364 g/mol. The third kappa shape index (κ3) is 3.63. The average Bonchev–Trinajstić information content (AvgIpc) is 3.47. The van der Waals surface area contributed by atoms with Gasteiger partial charge in [-0.3, -0.25) is 0 Å². The van der Waals surface area contributed by atoms with Crippen molar-refractivity contribution in [3.05, 3.63) is 83.5 Å². The molecule has 0 heterocycles. The quantitative estimate of drug-likeness (QED) is 0.201. The molecular formula is C25H27ClSi. The molecule has 0 aromatic rings. The van der Waals surface area contributed by atoms with Crippen molar-refractivity contribution in [3.8, 4) is 0 Å². The van der Waals surface area contributed by atoms with Gasteiger partial charge < -0.3 is 0 Å². The summed E-state index contributed by atoms with van der Waals surface area (Å²) in [6, 6.07) is 0. The maximum atomic E-state index is 6.25. The van der Waals surface area contributed by atoms with Crippen LogP contribution in [0.15, 0.2) is 83.5 Å². The Morgan fingerprint density at radius 1 is 0.963 bits per heavy atom. The molecule has 138 valence electrons. The van der Waals surface area contributed by atoms with E-state index in [1.807, 2.05) is 0 Å². The number of hydrogen-bond donors (Lipinski definition) is 0. The molecule has 6 unspecified atom stereocenters. The molecule has 2 saturated carbocycles. The van der Waals surface area contributed by atoms with E-state index in [1.54, 1.807) is 0 Å². The Hall–Kier alpha value is -1.49. The first-order chi connectivity index (χ1) is 13.2. The summed E-state index contributed by atoms with van der Waals surface area (Å²) in [7, 11) is 0.365. The molecule has 4 aliphatic rings. The van der Waals surface area contributed by atoms with Gasteiger partial charge in [0.1, 0.15) is 0 Å². The summed E-state index contributed by atoms with van der Waals surface area (Å²) < 4.78 is 0. The molecule has 27 heavy (non-hydrogen) atoms. The second-order valence-electron chi connectivity index (χ2n) is 8.23. The molecule has 0 spiro atoms. The summed E-state index contributed by atoms with van der Waals surface area (Å²) in [5, 5.41) is 1.36. The van der Waals surface area contributed by atoms with E-state index in [9.17, 15) is 0 Å². The fourth-order valence-corrected chi connectivity index (χ4v) is 6.39. The van der Waals surface area contributed by atoms with Crippen LogP contribution in [0.5, 0.6) is 0 Å². The van der Waals surface area contributed by atoms with E-state index in [-0.39, 0.29) is 0 Å². The summed E-state index contributed by atoms with van der Waals surface area (Å²) in [6.07, 6.45) is 22.2. The minimum Gasteiger partial charge on any atom is -0.165 e. The minimum absolute atomic E-state index is 0.365. The number of fused-ring (bicyclic) bond motifs is 4. The fourth-order valence-electron chi connectivity index (χ4n) is 5.53. The van der Waals surface area contributed by atoms with Gasteiger partial charge in [-0.1, -0.05) is 60.9 Å². The summed E-state index contributed by atoms with van der Waals surface area (Å²) in [5.41, 5.74) is 9.27. The topological polar surface area (TPSA) is 0 Å². The lowest BCUT2D eigenvalue weighted by Gasteiger charge is -2.19. The first-order valence-corrected chi connectivity index (χ1v) is 12.1. The highest BCUT2D eigenvalue weighted by Crippen LogP contribution is 2.49. The first kappa shape index (κ1) is 18.9. The fraction of sp³-hybridized carbons (Fsp3) is 0.440. The zero-order chi connectivity index (χ0) is 18.8. The molecule has 0 saturated heterocycles. The van der Waals surface area contributed by atoms with Crippen LogP contribution in [0, 0.1) is 35.5 Å². The summed E-state index contributed by atoms with van der Waals surface area (Å²) in [6.45, 7) is 7.83. The van der Waals surface area contributed by atoms with Gasteiger partial charge in [0.05, 0.1) is 0 Å². The van der Waals surface area contributed by atoms with Gasteiger partial charge >= 0.3 is 0 Å². The Labute approximate surface area is 171 Å². The van der Waals surface area contributed by atoms with Crippen molar-refractivity contribution in [1.82, 2.24) is 0 Å². The molecule has 0 amide bonds. The van der Waals surface area contributed by atoms with Crippen LogP contribution in [0.1, 0.15) is 32.1 Å². The summed E-state index contributed by atoms with van der Waals surface area (Å²) in [5.74, 6) is 3.78. The summed E-state index contributed by atoms with van der Waals surface area (Å²) in [4.78, 5) is 0. The highest BCUT2D eigenvalue weighted by Gasteiger charge is 2.40. The van der Waals surface area contributed by atoms with Crippen molar-refractivity contribution in [1.29, 1.82) is 0 Å². The molecule has 0 aromatic carbocycles. The van der Waals surface area contributed by atoms with Gasteiger partial charge in [0.15, 0.2) is 0 Å². The lowest BCUT2D eigenvalue weighted by atomic mass is 9.86. The van der Waals surface area contributed by atoms with Crippen molar-refractivity contribution in [2.45, 2.75) is 32.1 Å². The van der Waals surface area contributed by atoms with E-state index < -0.39 is 0 Å². The van der Waals surface area contributed by atoms with Gasteiger partial charge in [-0.25, -0.2) is 0 Å². The van der Waals surface area contributed by atoms with Crippen LogP contribution in [0.3, 0.4) is 0 Å². The van der Waals surface area contributed by atoms with E-state index in [2.05, 4.69) is 67.2 Å². The smallest absolute Gasteiger partial charge is 0.165 e. The van der Waals surface area contributed by atoms with E-state index in [0.717, 1.165) is 19.3 Å². The lowest BCUT2D eigenvalue weighted by Crippen LogP contribution is -2.09. The van der Waals surface area contributed by atoms with Gasteiger partial charge in [0.25, 0.3) is 0 Å². The molecule has 6 atom stereocenters. The van der Waals surface area contributed by atoms with Crippen molar-refractivity contribution in [2.24, 2.45) is 35.5 Å². The maximum Gasteiger partial charge on any atom is 0.206 e. The molecule has 2 heteroatoms. The zero-order valence-corrected chi connectivity index (χ0v) is 17.6. The molecule has 4 aliphatic carbocycles. The van der Waals surface area contributed by atoms with E-state index in [0.29, 0.717) is 44.3 Å². The van der Waals surface area contributed by atoms with E-state index in [4.69, 9.17) is 11.1 Å². The van der Waals surface area contributed by atoms with Crippen LogP contribution < -0.4 is 0 Å². The van der Waals surface area contributed by atoms with Crippen molar-refractivity contribution < 1.29 is 0 Å². The summed E-state index contributed by atoms with van der Waals surface area (Å²) >= 11 is 6.25. The molecule has 4 rings (SSSR count). The van der Waals surface area contributed by atoms with Gasteiger partial charge in [-0.05, 0) is 66.9 Å². The Morgan fingerprint density at radius 3 is 2.11 bits per heavy atom. The normalized spacial score (nSPS) is 36.3. The molecule has 0 nitrogen and oxygen atoms in total. The van der Waals surface area contributed by atoms with Crippen molar-refractivity contribution >= 4 is 19.9 Å². The van der Waals surface area contributed by atoms with Crippen LogP contribution in [0.4, 0.5) is 0 Å². The minimum atomic E-state index is 0.365. The lowest BCUT2D eigenvalue weighted by molar-refractivity contribution is 0.517. The highest BCUT2D eigenvalue weighted by atomic mass is 35.6. The predicted octanol–water partition coefficient (Wildman–Crippen LogP) is 6.52. The Morgan fingerprint density at radius 2 is 1.56 bits per heavy atom. The third-order valence-corrected chi connectivity index (χ3v) is 8.29. The van der Waals surface area contributed by atoms with Gasteiger partial charge in [-0.2, -0.15) is 11.1 Å². The van der Waals surface area contributed by atoms with Crippen molar-refractivity contribution in [2.75, 3.05) is 0 Å². The number of hydrogen-bond acceptors (Lipinski definition) is 0. The molecule has 0 N–H and O–H groups in total. The average molecular weight is 391 g/mol. The first-order valence-electron chi connectivity index (χ1n) is 10.1. The van der Waals surface area contributed by atoms with Gasteiger partial charge in [0, 0.05) is 11.8 Å². The van der Waals surface area contributed by atoms with Crippen molar-refractivity contribution in [3.63, 3.8) is 0 Å². The van der Waals surface area contributed by atoms with Gasteiger partial charge in [0.2, 0.25) is 8.83 Å². The molecule has 2 radical (unpaired) electrons. The molecule has 0 aromatic heterocycles. The zero-order valence-electron chi connectivity index (χ0n) is 15.8. The van der Waals surface area contributed by atoms with Crippen LogP contribution in [0.2, 0.25) is 0 Å². The van der Waals surface area contributed by atoms with Crippen LogP contribution >= 0.6 is 11.1 Å². The van der Waals surface area contributed by atoms with Crippen LogP contribution in [-0.4, -0.2) is 8.83 Å². The van der Waals surface area contributed by atoms with Crippen LogP contribution in [0.25, 0.3) is 0 Å². The highest BCUT2D eigenvalue weighted by molar-refractivity contribution is 6.97. The number of rotatable bonds is 7. The molecule has 2 fully saturated rings. The largest absolute Gasteiger partial charge is 0.206 e. The van der Waals surface area contributed by atoms with E-state index >= 15 is 0 Å². The molecule has 0 aliphatic heterocycles. The van der Waals surface area contributed by atoms with E-state index in [1.165, 1.54) is 29.2 Å². The third-order valence-electron chi connectivity index (χ3n) is 6.91. The Bertz CT molecular complexity index is 813.